The molecule has 4 heteroatoms. The van der Waals surface area contributed by atoms with E-state index < -0.39 is 0 Å². The van der Waals surface area contributed by atoms with Gasteiger partial charge in [-0.25, -0.2) is 0 Å². The molecule has 0 bridgehead atoms. The lowest BCUT2D eigenvalue weighted by atomic mass is 10.0. The van der Waals surface area contributed by atoms with E-state index in [1.807, 2.05) is 36.1 Å². The van der Waals surface area contributed by atoms with Crippen LogP contribution >= 0.6 is 11.6 Å². The lowest BCUT2D eigenvalue weighted by molar-refractivity contribution is -0.133. The number of halogens is 1. The Morgan fingerprint density at radius 2 is 1.77 bits per heavy atom. The van der Waals surface area contributed by atoms with Gasteiger partial charge in [0.25, 0.3) is 0 Å². The van der Waals surface area contributed by atoms with E-state index in [4.69, 9.17) is 11.6 Å². The molecule has 1 aromatic rings. The van der Waals surface area contributed by atoms with Crippen molar-refractivity contribution in [3.8, 4) is 0 Å². The van der Waals surface area contributed by atoms with Gasteiger partial charge in [-0.3, -0.25) is 10.1 Å². The number of rotatable bonds is 5. The number of carbonyl (C=O) groups is 1. The molecule has 22 heavy (non-hydrogen) atoms. The molecule has 0 spiro atoms. The minimum Gasteiger partial charge on any atom is -0.341 e. The Bertz CT molecular complexity index is 466. The van der Waals surface area contributed by atoms with Crippen molar-refractivity contribution < 1.29 is 4.79 Å². The first-order chi connectivity index (χ1) is 10.6. The van der Waals surface area contributed by atoms with E-state index in [1.54, 1.807) is 0 Å². The first-order valence-corrected chi connectivity index (χ1v) is 8.80. The number of carbonyl (C=O) groups excluding carboxylic acids is 1. The highest BCUT2D eigenvalue weighted by Gasteiger charge is 2.23. The van der Waals surface area contributed by atoms with Gasteiger partial charge in [-0.2, -0.15) is 0 Å². The van der Waals surface area contributed by atoms with Gasteiger partial charge in [0.05, 0.1) is 6.04 Å². The average molecular weight is 323 g/mol. The second kappa shape index (κ2) is 8.54. The summed E-state index contributed by atoms with van der Waals surface area (Å²) in [6.07, 6.45) is 5.70. The van der Waals surface area contributed by atoms with Gasteiger partial charge in [0.15, 0.2) is 0 Å². The lowest BCUT2D eigenvalue weighted by Crippen LogP contribution is -2.46. The SMILES string of the molecule is CCC(NC(C)C(=O)N1CCCCCC1)c1ccc(Cl)cc1. The molecule has 122 valence electrons. The van der Waals surface area contributed by atoms with E-state index in [2.05, 4.69) is 12.2 Å². The van der Waals surface area contributed by atoms with Crippen LogP contribution in [0.25, 0.3) is 0 Å². The summed E-state index contributed by atoms with van der Waals surface area (Å²) in [5.74, 6) is 0.231. The lowest BCUT2D eigenvalue weighted by Gasteiger charge is -2.28. The maximum atomic E-state index is 12.6. The van der Waals surface area contributed by atoms with Crippen LogP contribution in [0, 0.1) is 0 Å². The standard InChI is InChI=1S/C18H27ClN2O/c1-3-17(15-8-10-16(19)11-9-15)20-14(2)18(22)21-12-6-4-5-7-13-21/h8-11,14,17,20H,3-7,12-13H2,1-2H3. The van der Waals surface area contributed by atoms with Crippen LogP contribution in [0.5, 0.6) is 0 Å². The van der Waals surface area contributed by atoms with Crippen molar-refractivity contribution in [2.24, 2.45) is 0 Å². The fourth-order valence-corrected chi connectivity index (χ4v) is 3.21. The van der Waals surface area contributed by atoms with Crippen molar-refractivity contribution in [1.82, 2.24) is 10.2 Å². The normalized spacial score (nSPS) is 18.6. The van der Waals surface area contributed by atoms with E-state index in [9.17, 15) is 4.79 Å². The molecule has 1 aromatic carbocycles. The number of amides is 1. The monoisotopic (exact) mass is 322 g/mol. The van der Waals surface area contributed by atoms with Crippen LogP contribution < -0.4 is 5.32 Å². The third-order valence-corrected chi connectivity index (χ3v) is 4.67. The molecule has 3 nitrogen and oxygen atoms in total. The molecule has 1 N–H and O–H groups in total. The van der Waals surface area contributed by atoms with E-state index in [-0.39, 0.29) is 18.0 Å². The molecule has 1 fully saturated rings. The van der Waals surface area contributed by atoms with Gasteiger partial charge in [0.1, 0.15) is 0 Å². The Labute approximate surface area is 139 Å². The summed E-state index contributed by atoms with van der Waals surface area (Å²) in [6.45, 7) is 5.92. The molecule has 0 saturated carbocycles. The van der Waals surface area contributed by atoms with E-state index in [1.165, 1.54) is 18.4 Å². The Morgan fingerprint density at radius 1 is 1.18 bits per heavy atom. The largest absolute Gasteiger partial charge is 0.341 e. The summed E-state index contributed by atoms with van der Waals surface area (Å²) in [5, 5.41) is 4.23. The molecule has 1 aliphatic heterocycles. The first-order valence-electron chi connectivity index (χ1n) is 8.42. The minimum atomic E-state index is -0.154. The second-order valence-corrected chi connectivity index (χ2v) is 6.58. The molecule has 0 radical (unpaired) electrons. The molecule has 1 amide bonds. The van der Waals surface area contributed by atoms with E-state index in [0.29, 0.717) is 0 Å². The molecule has 2 unspecified atom stereocenters. The van der Waals surface area contributed by atoms with Crippen LogP contribution in [0.3, 0.4) is 0 Å². The zero-order valence-corrected chi connectivity index (χ0v) is 14.4. The summed E-state index contributed by atoms with van der Waals surface area (Å²) in [7, 11) is 0. The quantitative estimate of drug-likeness (QED) is 0.882. The van der Waals surface area contributed by atoms with Gasteiger partial charge in [-0.1, -0.05) is 43.5 Å². The van der Waals surface area contributed by atoms with Crippen LogP contribution in [-0.2, 0) is 4.79 Å². The highest BCUT2D eigenvalue weighted by Crippen LogP contribution is 2.20. The van der Waals surface area contributed by atoms with Gasteiger partial charge in [-0.05, 0) is 43.9 Å². The number of nitrogens with one attached hydrogen (secondary N) is 1. The van der Waals surface area contributed by atoms with Crippen molar-refractivity contribution in [2.45, 2.75) is 58.0 Å². The van der Waals surface area contributed by atoms with Crippen molar-refractivity contribution in [3.63, 3.8) is 0 Å². The number of hydrogen-bond acceptors (Lipinski definition) is 2. The summed E-state index contributed by atoms with van der Waals surface area (Å²) in [5.41, 5.74) is 1.18. The zero-order chi connectivity index (χ0) is 15.9. The fraction of sp³-hybridized carbons (Fsp3) is 0.611. The number of hydrogen-bond donors (Lipinski definition) is 1. The van der Waals surface area contributed by atoms with Gasteiger partial charge < -0.3 is 4.90 Å². The zero-order valence-electron chi connectivity index (χ0n) is 13.6. The summed E-state index contributed by atoms with van der Waals surface area (Å²) in [6, 6.07) is 7.91. The van der Waals surface area contributed by atoms with Gasteiger partial charge >= 0.3 is 0 Å². The van der Waals surface area contributed by atoms with Crippen molar-refractivity contribution >= 4 is 17.5 Å². The topological polar surface area (TPSA) is 32.3 Å². The van der Waals surface area contributed by atoms with Gasteiger partial charge in [0, 0.05) is 24.2 Å². The van der Waals surface area contributed by atoms with Crippen molar-refractivity contribution in [3.05, 3.63) is 34.9 Å². The minimum absolute atomic E-state index is 0.154. The summed E-state index contributed by atoms with van der Waals surface area (Å²) in [4.78, 5) is 14.7. The molecule has 0 aromatic heterocycles. The molecule has 1 aliphatic rings. The average Bonchev–Trinajstić information content (AvgIpc) is 2.81. The Balaban J connectivity index is 1.97. The maximum absolute atomic E-state index is 12.6. The van der Waals surface area contributed by atoms with Gasteiger partial charge in [0.2, 0.25) is 5.91 Å². The van der Waals surface area contributed by atoms with Crippen molar-refractivity contribution in [1.29, 1.82) is 0 Å². The highest BCUT2D eigenvalue weighted by molar-refractivity contribution is 6.30. The highest BCUT2D eigenvalue weighted by atomic mass is 35.5. The molecule has 2 atom stereocenters. The maximum Gasteiger partial charge on any atom is 0.239 e. The van der Waals surface area contributed by atoms with E-state index >= 15 is 0 Å². The first kappa shape index (κ1) is 17.3. The molecular formula is C18H27ClN2O. The predicted octanol–water partition coefficient (Wildman–Crippen LogP) is 4.17. The van der Waals surface area contributed by atoms with Gasteiger partial charge in [-0.15, -0.1) is 0 Å². The number of nitrogens with zero attached hydrogens (tertiary/aromatic N) is 1. The number of likely N-dealkylation sites (tertiary alicyclic amines) is 1. The van der Waals surface area contributed by atoms with Crippen LogP contribution in [0.15, 0.2) is 24.3 Å². The van der Waals surface area contributed by atoms with Crippen LogP contribution in [0.4, 0.5) is 0 Å². The van der Waals surface area contributed by atoms with Crippen LogP contribution in [0.1, 0.15) is 57.6 Å². The van der Waals surface area contributed by atoms with Crippen molar-refractivity contribution in [2.75, 3.05) is 13.1 Å². The summed E-state index contributed by atoms with van der Waals surface area (Å²) < 4.78 is 0. The Hall–Kier alpha value is -1.06. The third-order valence-electron chi connectivity index (χ3n) is 4.42. The fourth-order valence-electron chi connectivity index (χ4n) is 3.08. The molecule has 1 heterocycles. The Kier molecular flexibility index (Phi) is 6.71. The molecular weight excluding hydrogens is 296 g/mol. The smallest absolute Gasteiger partial charge is 0.239 e. The molecule has 2 rings (SSSR count). The second-order valence-electron chi connectivity index (χ2n) is 6.14. The summed E-state index contributed by atoms with van der Waals surface area (Å²) >= 11 is 5.95. The third kappa shape index (κ3) is 4.72. The Morgan fingerprint density at radius 3 is 2.32 bits per heavy atom. The molecule has 0 aliphatic carbocycles. The molecule has 1 saturated heterocycles. The van der Waals surface area contributed by atoms with E-state index in [0.717, 1.165) is 37.4 Å². The van der Waals surface area contributed by atoms with Crippen LogP contribution in [-0.4, -0.2) is 29.9 Å². The predicted molar refractivity (Wildman–Crippen MR) is 92.1 cm³/mol. The number of benzene rings is 1. The van der Waals surface area contributed by atoms with Crippen LogP contribution in [0.2, 0.25) is 5.02 Å².